The molecule has 2 aliphatic heterocycles. The van der Waals surface area contributed by atoms with Crippen molar-refractivity contribution in [3.63, 3.8) is 0 Å². The lowest BCUT2D eigenvalue weighted by atomic mass is 10.2. The van der Waals surface area contributed by atoms with E-state index >= 15 is 0 Å². The zero-order valence-electron chi connectivity index (χ0n) is 6.16. The van der Waals surface area contributed by atoms with Crippen LogP contribution in [0.4, 0.5) is 0 Å². The van der Waals surface area contributed by atoms with Gasteiger partial charge in [-0.2, -0.15) is 0 Å². The molecule has 2 rings (SSSR count). The molecule has 1 amide bonds. The normalized spacial score (nSPS) is 21.7. The van der Waals surface area contributed by atoms with E-state index in [0.29, 0.717) is 0 Å². The van der Waals surface area contributed by atoms with Crippen LogP contribution in [0.2, 0.25) is 0 Å². The summed E-state index contributed by atoms with van der Waals surface area (Å²) in [4.78, 5) is 25.8. The van der Waals surface area contributed by atoms with Gasteiger partial charge in [0.25, 0.3) is 5.91 Å². The number of ketones is 1. The van der Waals surface area contributed by atoms with Gasteiger partial charge in [-0.1, -0.05) is 0 Å². The average molecular weight is 166 g/mol. The van der Waals surface area contributed by atoms with E-state index in [2.05, 4.69) is 10.3 Å². The van der Waals surface area contributed by atoms with E-state index in [9.17, 15) is 9.59 Å². The Balaban J connectivity index is 2.37. The van der Waals surface area contributed by atoms with Gasteiger partial charge in [-0.25, -0.2) is 4.99 Å². The van der Waals surface area contributed by atoms with E-state index in [1.165, 1.54) is 6.21 Å². The van der Waals surface area contributed by atoms with E-state index in [1.54, 1.807) is 0 Å². The molecule has 0 bridgehead atoms. The molecule has 12 heavy (non-hydrogen) atoms. The molecule has 0 fully saturated rings. The summed E-state index contributed by atoms with van der Waals surface area (Å²) in [7, 11) is 0. The Hall–Kier alpha value is -1.65. The first-order valence-corrected chi connectivity index (χ1v) is 3.50. The highest BCUT2D eigenvalue weighted by atomic mass is 16.5. The maximum atomic E-state index is 11.1. The van der Waals surface area contributed by atoms with Gasteiger partial charge >= 0.3 is 0 Å². The van der Waals surface area contributed by atoms with E-state index in [4.69, 9.17) is 4.74 Å². The summed E-state index contributed by atoms with van der Waals surface area (Å²) >= 11 is 0. The highest BCUT2D eigenvalue weighted by molar-refractivity contribution is 6.07. The topological polar surface area (TPSA) is 67.8 Å². The highest BCUT2D eigenvalue weighted by Gasteiger charge is 2.25. The van der Waals surface area contributed by atoms with Crippen LogP contribution in [-0.4, -0.2) is 24.5 Å². The van der Waals surface area contributed by atoms with Crippen molar-refractivity contribution in [2.24, 2.45) is 4.99 Å². The Kier molecular flexibility index (Phi) is 1.43. The molecule has 5 nitrogen and oxygen atoms in total. The lowest BCUT2D eigenvalue weighted by Gasteiger charge is -2.19. The van der Waals surface area contributed by atoms with Crippen LogP contribution in [0.25, 0.3) is 0 Å². The molecule has 2 heterocycles. The molecule has 1 N–H and O–H groups in total. The molecule has 0 radical (unpaired) electrons. The molecule has 2 aliphatic rings. The standard InChI is InChI=1S/C7H6N2O3/c10-4-1-2-8-7-6(4)9-5(11)3-12-7/h2H,1,3H2,(H,9,11). The van der Waals surface area contributed by atoms with Gasteiger partial charge in [0.2, 0.25) is 5.88 Å². The number of ether oxygens (including phenoxy) is 1. The highest BCUT2D eigenvalue weighted by Crippen LogP contribution is 2.15. The summed E-state index contributed by atoms with van der Waals surface area (Å²) in [6, 6.07) is 0. The lowest BCUT2D eigenvalue weighted by Crippen LogP contribution is -2.37. The Morgan fingerprint density at radius 3 is 3.17 bits per heavy atom. The molecule has 0 saturated carbocycles. The van der Waals surface area contributed by atoms with Crippen molar-refractivity contribution in [1.82, 2.24) is 5.32 Å². The van der Waals surface area contributed by atoms with Crippen LogP contribution in [0.5, 0.6) is 0 Å². The number of Topliss-reactive ketones (excluding diaryl/α,β-unsaturated/α-hetero) is 1. The van der Waals surface area contributed by atoms with Gasteiger partial charge in [0.15, 0.2) is 12.4 Å². The van der Waals surface area contributed by atoms with Gasteiger partial charge < -0.3 is 10.1 Å². The van der Waals surface area contributed by atoms with Gasteiger partial charge in [-0.3, -0.25) is 9.59 Å². The van der Waals surface area contributed by atoms with Crippen molar-refractivity contribution in [3.05, 3.63) is 11.6 Å². The molecule has 0 atom stereocenters. The molecule has 0 aromatic rings. The van der Waals surface area contributed by atoms with Gasteiger partial charge in [-0.15, -0.1) is 0 Å². The molecule has 5 heteroatoms. The van der Waals surface area contributed by atoms with E-state index in [1.807, 2.05) is 0 Å². The minimum Gasteiger partial charge on any atom is -0.466 e. The van der Waals surface area contributed by atoms with Gasteiger partial charge in [0.05, 0.1) is 0 Å². The summed E-state index contributed by atoms with van der Waals surface area (Å²) in [5.74, 6) is -0.238. The monoisotopic (exact) mass is 166 g/mol. The summed E-state index contributed by atoms with van der Waals surface area (Å²) in [5.41, 5.74) is 0.189. The fourth-order valence-corrected chi connectivity index (χ4v) is 1.04. The third kappa shape index (κ3) is 0.990. The van der Waals surface area contributed by atoms with Crippen molar-refractivity contribution in [2.45, 2.75) is 6.42 Å². The number of nitrogens with one attached hydrogen (secondary N) is 1. The summed E-state index contributed by atoms with van der Waals surface area (Å²) < 4.78 is 4.91. The van der Waals surface area contributed by atoms with Crippen LogP contribution < -0.4 is 5.32 Å². The first-order valence-electron chi connectivity index (χ1n) is 3.50. The smallest absolute Gasteiger partial charge is 0.262 e. The zero-order chi connectivity index (χ0) is 8.55. The number of carbonyl (C=O) groups is 2. The molecule has 0 spiro atoms. The first-order chi connectivity index (χ1) is 5.77. The second-order valence-electron chi connectivity index (χ2n) is 2.46. The molecule has 0 aliphatic carbocycles. The van der Waals surface area contributed by atoms with E-state index in [-0.39, 0.29) is 36.3 Å². The second kappa shape index (κ2) is 2.44. The Bertz CT molecular complexity index is 317. The van der Waals surface area contributed by atoms with Crippen LogP contribution in [0.3, 0.4) is 0 Å². The molecule has 0 aromatic carbocycles. The van der Waals surface area contributed by atoms with Crippen molar-refractivity contribution in [1.29, 1.82) is 0 Å². The Morgan fingerprint density at radius 1 is 1.50 bits per heavy atom. The van der Waals surface area contributed by atoms with Crippen LogP contribution in [0.15, 0.2) is 16.6 Å². The third-order valence-corrected chi connectivity index (χ3v) is 1.58. The van der Waals surface area contributed by atoms with Crippen LogP contribution in [0, 0.1) is 0 Å². The van der Waals surface area contributed by atoms with Crippen molar-refractivity contribution < 1.29 is 14.3 Å². The molecule has 0 unspecified atom stereocenters. The van der Waals surface area contributed by atoms with E-state index in [0.717, 1.165) is 0 Å². The first kappa shape index (κ1) is 7.02. The van der Waals surface area contributed by atoms with E-state index < -0.39 is 0 Å². The third-order valence-electron chi connectivity index (χ3n) is 1.58. The number of hydrogen-bond donors (Lipinski definition) is 1. The lowest BCUT2D eigenvalue weighted by molar-refractivity contribution is -0.127. The number of rotatable bonds is 0. The van der Waals surface area contributed by atoms with Crippen LogP contribution >= 0.6 is 0 Å². The average Bonchev–Trinajstić information content (AvgIpc) is 2.07. The number of allylic oxidation sites excluding steroid dienone is 1. The quantitative estimate of drug-likeness (QED) is 0.519. The van der Waals surface area contributed by atoms with Crippen LogP contribution in [0.1, 0.15) is 6.42 Å². The van der Waals surface area contributed by atoms with Crippen molar-refractivity contribution in [2.75, 3.05) is 6.61 Å². The minimum absolute atomic E-state index is 0.0660. The van der Waals surface area contributed by atoms with Gasteiger partial charge in [0, 0.05) is 12.6 Å². The number of amides is 1. The maximum absolute atomic E-state index is 11.1. The van der Waals surface area contributed by atoms with Crippen LogP contribution in [-0.2, 0) is 14.3 Å². The number of nitrogens with zero attached hydrogens (tertiary/aromatic N) is 1. The number of carbonyl (C=O) groups excluding carboxylic acids is 2. The van der Waals surface area contributed by atoms with Gasteiger partial charge in [0.1, 0.15) is 5.70 Å². The SMILES string of the molecule is O=C1COC2=C(N1)C(=O)CC=N2. The predicted molar refractivity (Wildman–Crippen MR) is 39.2 cm³/mol. The fraction of sp³-hybridized carbons (Fsp3) is 0.286. The maximum Gasteiger partial charge on any atom is 0.262 e. The number of hydrogen-bond acceptors (Lipinski definition) is 4. The molecule has 62 valence electrons. The molecule has 0 saturated heterocycles. The molecular formula is C7H6N2O3. The zero-order valence-corrected chi connectivity index (χ0v) is 6.16. The Labute approximate surface area is 68.1 Å². The summed E-state index contributed by atoms with van der Waals surface area (Å²) in [5, 5.41) is 2.42. The largest absolute Gasteiger partial charge is 0.466 e. The van der Waals surface area contributed by atoms with Gasteiger partial charge in [-0.05, 0) is 0 Å². The number of aliphatic imine (C=N–C) groups is 1. The summed E-state index contributed by atoms with van der Waals surface area (Å²) in [6.07, 6.45) is 1.70. The van der Waals surface area contributed by atoms with Crippen molar-refractivity contribution >= 4 is 17.9 Å². The minimum atomic E-state index is -0.306. The van der Waals surface area contributed by atoms with Crippen molar-refractivity contribution in [3.8, 4) is 0 Å². The Morgan fingerprint density at radius 2 is 2.33 bits per heavy atom. The fourth-order valence-electron chi connectivity index (χ4n) is 1.04. The summed E-state index contributed by atoms with van der Waals surface area (Å²) in [6.45, 7) is -0.0660. The molecular weight excluding hydrogens is 160 g/mol. The second-order valence-corrected chi connectivity index (χ2v) is 2.46. The molecule has 0 aromatic heterocycles. The predicted octanol–water partition coefficient (Wildman–Crippen LogP) is -0.654.